The Balaban J connectivity index is 2.85. The molecule has 0 bridgehead atoms. The van der Waals surface area contributed by atoms with Crippen molar-refractivity contribution in [3.05, 3.63) is 12.2 Å². The molecule has 7 N–H and O–H groups in total. The number of aliphatic hydroxyl groups excluding tert-OH is 4. The molecule has 0 radical (unpaired) electrons. The molecule has 0 saturated carbocycles. The summed E-state index contributed by atoms with van der Waals surface area (Å²) in [7, 11) is 1.18. The molecule has 180 valence electrons. The van der Waals surface area contributed by atoms with E-state index in [0.29, 0.717) is 25.9 Å². The van der Waals surface area contributed by atoms with Crippen molar-refractivity contribution in [1.82, 2.24) is 10.2 Å². The van der Waals surface area contributed by atoms with Crippen molar-refractivity contribution < 1.29 is 34.8 Å². The van der Waals surface area contributed by atoms with Crippen LogP contribution in [0.1, 0.15) is 40.0 Å². The maximum absolute atomic E-state index is 12.8. The van der Waals surface area contributed by atoms with Crippen LogP contribution in [-0.2, 0) is 14.3 Å². The summed E-state index contributed by atoms with van der Waals surface area (Å²) in [4.78, 5) is 27.0. The van der Waals surface area contributed by atoms with Crippen LogP contribution in [0.3, 0.4) is 0 Å². The number of methoxy groups -OCH3 is 1. The third-order valence-electron chi connectivity index (χ3n) is 5.09. The number of ether oxygens (including phenoxy) is 1. The third-order valence-corrected chi connectivity index (χ3v) is 5.09. The molecule has 1 saturated heterocycles. The average Bonchev–Trinajstić information content (AvgIpc) is 2.83. The Kier molecular flexibility index (Phi) is 11.1. The fourth-order valence-corrected chi connectivity index (χ4v) is 3.29. The van der Waals surface area contributed by atoms with E-state index in [-0.39, 0.29) is 24.3 Å². The van der Waals surface area contributed by atoms with E-state index in [1.165, 1.54) is 18.1 Å². The molecule has 31 heavy (non-hydrogen) atoms. The van der Waals surface area contributed by atoms with E-state index >= 15 is 0 Å². The van der Waals surface area contributed by atoms with Crippen molar-refractivity contribution in [3.63, 3.8) is 0 Å². The van der Waals surface area contributed by atoms with E-state index in [1.807, 2.05) is 20.8 Å². The Morgan fingerprint density at radius 3 is 2.48 bits per heavy atom. The predicted molar refractivity (Wildman–Crippen MR) is 115 cm³/mol. The summed E-state index contributed by atoms with van der Waals surface area (Å²) in [5, 5.41) is 43.4. The maximum atomic E-state index is 12.8. The van der Waals surface area contributed by atoms with Gasteiger partial charge in [0.25, 0.3) is 5.91 Å². The molecule has 1 aliphatic rings. The summed E-state index contributed by atoms with van der Waals surface area (Å²) in [5.74, 6) is -1.15. The lowest BCUT2D eigenvalue weighted by atomic mass is 9.94. The van der Waals surface area contributed by atoms with Crippen LogP contribution >= 0.6 is 0 Å². The molecule has 1 rings (SSSR count). The molecular formula is C21H39N3O7. The Bertz CT molecular complexity index is 608. The lowest BCUT2D eigenvalue weighted by Crippen LogP contribution is -2.56. The van der Waals surface area contributed by atoms with Gasteiger partial charge in [0.05, 0.1) is 6.10 Å². The highest BCUT2D eigenvalue weighted by molar-refractivity contribution is 5.90. The number of carbonyl (C=O) groups is 2. The van der Waals surface area contributed by atoms with Crippen molar-refractivity contribution in [3.8, 4) is 0 Å². The summed E-state index contributed by atoms with van der Waals surface area (Å²) in [5.41, 5.74) is 5.26. The van der Waals surface area contributed by atoms with Gasteiger partial charge in [-0.1, -0.05) is 32.9 Å². The third kappa shape index (κ3) is 8.83. The Morgan fingerprint density at radius 2 is 1.94 bits per heavy atom. The summed E-state index contributed by atoms with van der Waals surface area (Å²) >= 11 is 0. The van der Waals surface area contributed by atoms with Gasteiger partial charge in [-0.3, -0.25) is 9.59 Å². The molecule has 0 unspecified atom stereocenters. The van der Waals surface area contributed by atoms with Gasteiger partial charge in [-0.05, 0) is 31.2 Å². The number of hydrogen-bond acceptors (Lipinski definition) is 8. The normalized spacial score (nSPS) is 24.5. The molecule has 0 aromatic heterocycles. The quantitative estimate of drug-likeness (QED) is 0.221. The second-order valence-corrected chi connectivity index (χ2v) is 9.07. The minimum absolute atomic E-state index is 0.159. The van der Waals surface area contributed by atoms with Crippen molar-refractivity contribution >= 4 is 11.8 Å². The molecular weight excluding hydrogens is 406 g/mol. The van der Waals surface area contributed by atoms with Crippen molar-refractivity contribution in [2.75, 3.05) is 26.7 Å². The van der Waals surface area contributed by atoms with Crippen LogP contribution in [0.5, 0.6) is 0 Å². The van der Waals surface area contributed by atoms with Gasteiger partial charge in [-0.15, -0.1) is 0 Å². The molecule has 0 spiro atoms. The van der Waals surface area contributed by atoms with Crippen LogP contribution in [0.25, 0.3) is 0 Å². The highest BCUT2D eigenvalue weighted by Gasteiger charge is 2.38. The monoisotopic (exact) mass is 445 g/mol. The molecule has 10 nitrogen and oxygen atoms in total. The SMILES string of the molecule is CO[C@@H](C(=O)N[C@H]1CC[C@H](O)CN(CCCN)C1=O)[C@H](O)[C@@H](O)[C@H](O)/C=C/C(C)(C)C. The van der Waals surface area contributed by atoms with E-state index in [0.717, 1.165) is 0 Å². The summed E-state index contributed by atoms with van der Waals surface area (Å²) in [6.45, 7) is 6.62. The minimum Gasteiger partial charge on any atom is -0.391 e. The van der Waals surface area contributed by atoms with Crippen molar-refractivity contribution in [1.29, 1.82) is 0 Å². The number of nitrogens with zero attached hydrogens (tertiary/aromatic N) is 1. The average molecular weight is 446 g/mol. The van der Waals surface area contributed by atoms with Gasteiger partial charge in [0.2, 0.25) is 5.91 Å². The molecule has 2 amide bonds. The van der Waals surface area contributed by atoms with Crippen LogP contribution in [-0.4, -0.2) is 100 Å². The first-order chi connectivity index (χ1) is 14.4. The fourth-order valence-electron chi connectivity index (χ4n) is 3.29. The van der Waals surface area contributed by atoms with E-state index in [1.54, 1.807) is 6.08 Å². The zero-order valence-corrected chi connectivity index (χ0v) is 18.9. The van der Waals surface area contributed by atoms with Crippen LogP contribution in [0, 0.1) is 5.41 Å². The van der Waals surface area contributed by atoms with E-state index in [9.17, 15) is 30.0 Å². The molecule has 10 heteroatoms. The highest BCUT2D eigenvalue weighted by Crippen LogP contribution is 2.18. The first-order valence-electron chi connectivity index (χ1n) is 10.6. The molecule has 0 aliphatic carbocycles. The van der Waals surface area contributed by atoms with Gasteiger partial charge >= 0.3 is 0 Å². The maximum Gasteiger partial charge on any atom is 0.252 e. The van der Waals surface area contributed by atoms with Crippen molar-refractivity contribution in [2.45, 2.75) is 76.6 Å². The molecule has 0 aromatic carbocycles. The number of amides is 2. The van der Waals surface area contributed by atoms with Gasteiger partial charge in [0.1, 0.15) is 24.4 Å². The van der Waals surface area contributed by atoms with Gasteiger partial charge < -0.3 is 41.1 Å². The first kappa shape index (κ1) is 27.5. The van der Waals surface area contributed by atoms with E-state index in [2.05, 4.69) is 5.32 Å². The number of hydrogen-bond donors (Lipinski definition) is 6. The number of likely N-dealkylation sites (tertiary alicyclic amines) is 1. The number of β-amino-alcohol motifs (C(OH)–C–C–N with tert-alkyl or cyclic N) is 1. The Labute approximate surface area is 184 Å². The summed E-state index contributed by atoms with van der Waals surface area (Å²) in [6, 6.07) is -0.907. The van der Waals surface area contributed by atoms with Gasteiger partial charge in [0.15, 0.2) is 6.10 Å². The number of nitrogens with one attached hydrogen (secondary N) is 1. The number of nitrogens with two attached hydrogens (primary N) is 1. The largest absolute Gasteiger partial charge is 0.391 e. The van der Waals surface area contributed by atoms with Gasteiger partial charge in [-0.25, -0.2) is 0 Å². The Hall–Kier alpha value is -1.56. The first-order valence-corrected chi connectivity index (χ1v) is 10.6. The number of carbonyl (C=O) groups excluding carboxylic acids is 2. The lowest BCUT2D eigenvalue weighted by Gasteiger charge is -2.29. The van der Waals surface area contributed by atoms with E-state index < -0.39 is 42.5 Å². The second-order valence-electron chi connectivity index (χ2n) is 9.07. The molecule has 1 fully saturated rings. The number of allylic oxidation sites excluding steroid dienone is 1. The van der Waals surface area contributed by atoms with Crippen LogP contribution in [0.15, 0.2) is 12.2 Å². The zero-order chi connectivity index (χ0) is 23.8. The molecule has 6 atom stereocenters. The predicted octanol–water partition coefficient (Wildman–Crippen LogP) is -1.50. The van der Waals surface area contributed by atoms with Crippen LogP contribution in [0.2, 0.25) is 0 Å². The van der Waals surface area contributed by atoms with Crippen molar-refractivity contribution in [2.24, 2.45) is 11.1 Å². The smallest absolute Gasteiger partial charge is 0.252 e. The molecule has 0 aromatic rings. The van der Waals surface area contributed by atoms with Gasteiger partial charge in [-0.2, -0.15) is 0 Å². The lowest BCUT2D eigenvalue weighted by molar-refractivity contribution is -0.151. The second kappa shape index (κ2) is 12.5. The van der Waals surface area contributed by atoms with Gasteiger partial charge in [0, 0.05) is 20.2 Å². The summed E-state index contributed by atoms with van der Waals surface area (Å²) < 4.78 is 5.06. The zero-order valence-electron chi connectivity index (χ0n) is 18.9. The number of aliphatic hydroxyl groups is 4. The standard InChI is InChI=1S/C21H39N3O7/c1-21(2,3)9-8-15(26)16(27)17(28)18(31-4)19(29)23-14-7-6-13(25)12-24(20(14)30)11-5-10-22/h8-9,13-18,25-28H,5-7,10-12,22H2,1-4H3,(H,23,29)/b9-8+/t13-,14-,15+,16-,17+,18+/m0/s1. The number of rotatable bonds is 10. The molecule has 1 heterocycles. The van der Waals surface area contributed by atoms with Crippen LogP contribution < -0.4 is 11.1 Å². The highest BCUT2D eigenvalue weighted by atomic mass is 16.5. The van der Waals surface area contributed by atoms with Crippen LogP contribution in [0.4, 0.5) is 0 Å². The molecule has 1 aliphatic heterocycles. The topological polar surface area (TPSA) is 166 Å². The fraction of sp³-hybridized carbons (Fsp3) is 0.810. The minimum atomic E-state index is -1.73. The summed E-state index contributed by atoms with van der Waals surface area (Å²) in [6.07, 6.45) is -2.92. The Morgan fingerprint density at radius 1 is 1.29 bits per heavy atom. The van der Waals surface area contributed by atoms with E-state index in [4.69, 9.17) is 10.5 Å².